The molecule has 0 saturated carbocycles. The SMILES string of the molecule is CC(C)n1nc(C(=O)NNS(=O)(=O)c2c(F)cccc2F)c2ccccc2c1=O. The maximum absolute atomic E-state index is 13.8. The molecule has 0 radical (unpaired) electrons. The summed E-state index contributed by atoms with van der Waals surface area (Å²) in [5.41, 5.74) is 1.24. The van der Waals surface area contributed by atoms with Gasteiger partial charge in [0.25, 0.3) is 21.5 Å². The molecule has 0 aliphatic heterocycles. The minimum absolute atomic E-state index is 0.197. The van der Waals surface area contributed by atoms with E-state index in [4.69, 9.17) is 0 Å². The van der Waals surface area contributed by atoms with E-state index in [0.717, 1.165) is 22.9 Å². The van der Waals surface area contributed by atoms with E-state index in [9.17, 15) is 26.8 Å². The summed E-state index contributed by atoms with van der Waals surface area (Å²) in [6.45, 7) is 3.38. The summed E-state index contributed by atoms with van der Waals surface area (Å²) in [5.74, 6) is -3.64. The van der Waals surface area contributed by atoms with Gasteiger partial charge in [0, 0.05) is 5.39 Å². The molecule has 3 aromatic rings. The number of carbonyl (C=O) groups excluding carboxylic acids is 1. The number of hydrogen-bond donors (Lipinski definition) is 2. The molecule has 0 spiro atoms. The predicted octanol–water partition coefficient (Wildman–Crippen LogP) is 1.88. The van der Waals surface area contributed by atoms with Crippen molar-refractivity contribution in [3.05, 3.63) is 70.1 Å². The molecule has 152 valence electrons. The molecule has 11 heteroatoms. The smallest absolute Gasteiger partial charge is 0.272 e. The molecule has 0 bridgehead atoms. The zero-order chi connectivity index (χ0) is 21.3. The van der Waals surface area contributed by atoms with Gasteiger partial charge in [0.05, 0.1) is 11.4 Å². The molecule has 0 aliphatic carbocycles. The Labute approximate surface area is 164 Å². The van der Waals surface area contributed by atoms with Gasteiger partial charge in [-0.3, -0.25) is 15.0 Å². The lowest BCUT2D eigenvalue weighted by Crippen LogP contribution is -2.43. The monoisotopic (exact) mass is 422 g/mol. The average molecular weight is 422 g/mol. The summed E-state index contributed by atoms with van der Waals surface area (Å²) in [4.78, 5) is 25.5. The van der Waals surface area contributed by atoms with E-state index in [1.54, 1.807) is 30.8 Å². The summed E-state index contributed by atoms with van der Waals surface area (Å²) >= 11 is 0. The van der Waals surface area contributed by atoms with Crippen LogP contribution >= 0.6 is 0 Å². The maximum atomic E-state index is 13.8. The Kier molecular flexibility index (Phi) is 5.44. The zero-order valence-electron chi connectivity index (χ0n) is 15.3. The van der Waals surface area contributed by atoms with Crippen LogP contribution in [0.1, 0.15) is 30.4 Å². The van der Waals surface area contributed by atoms with E-state index in [1.807, 2.05) is 5.43 Å². The van der Waals surface area contributed by atoms with Gasteiger partial charge in [0.15, 0.2) is 10.6 Å². The molecule has 1 amide bonds. The van der Waals surface area contributed by atoms with Gasteiger partial charge < -0.3 is 0 Å². The molecule has 8 nitrogen and oxygen atoms in total. The van der Waals surface area contributed by atoms with Crippen molar-refractivity contribution in [3.8, 4) is 0 Å². The lowest BCUT2D eigenvalue weighted by Gasteiger charge is -2.14. The van der Waals surface area contributed by atoms with Gasteiger partial charge in [-0.1, -0.05) is 24.3 Å². The number of amides is 1. The number of sulfonamides is 1. The van der Waals surface area contributed by atoms with Gasteiger partial charge in [-0.2, -0.15) is 5.10 Å². The Morgan fingerprint density at radius 1 is 1.03 bits per heavy atom. The second-order valence-electron chi connectivity index (χ2n) is 6.35. The van der Waals surface area contributed by atoms with Crippen LogP contribution < -0.4 is 15.8 Å². The highest BCUT2D eigenvalue weighted by molar-refractivity contribution is 7.89. The van der Waals surface area contributed by atoms with Gasteiger partial charge in [-0.05, 0) is 32.0 Å². The molecule has 1 aromatic heterocycles. The molecule has 0 atom stereocenters. The van der Waals surface area contributed by atoms with Crippen molar-refractivity contribution in [3.63, 3.8) is 0 Å². The van der Waals surface area contributed by atoms with E-state index in [0.29, 0.717) is 0 Å². The maximum Gasteiger partial charge on any atom is 0.287 e. The first kappa shape index (κ1) is 20.6. The van der Waals surface area contributed by atoms with Crippen LogP contribution in [-0.4, -0.2) is 24.1 Å². The fourth-order valence-corrected chi connectivity index (χ4v) is 3.67. The number of fused-ring (bicyclic) bond motifs is 1. The van der Waals surface area contributed by atoms with Crippen molar-refractivity contribution in [2.45, 2.75) is 24.8 Å². The van der Waals surface area contributed by atoms with Crippen molar-refractivity contribution in [1.29, 1.82) is 0 Å². The Morgan fingerprint density at radius 2 is 1.62 bits per heavy atom. The van der Waals surface area contributed by atoms with Crippen molar-refractivity contribution in [2.24, 2.45) is 0 Å². The highest BCUT2D eigenvalue weighted by Crippen LogP contribution is 2.18. The van der Waals surface area contributed by atoms with Crippen LogP contribution in [0.25, 0.3) is 10.8 Å². The summed E-state index contributed by atoms with van der Waals surface area (Å²) < 4.78 is 53.1. The molecular weight excluding hydrogens is 406 g/mol. The topological polar surface area (TPSA) is 110 Å². The number of nitrogens with one attached hydrogen (secondary N) is 2. The molecule has 2 N–H and O–H groups in total. The molecule has 0 fully saturated rings. The Bertz CT molecular complexity index is 1250. The summed E-state index contributed by atoms with van der Waals surface area (Å²) in [6, 6.07) is 8.36. The standard InChI is InChI=1S/C18H16F2N4O4S/c1-10(2)24-18(26)12-7-4-3-6-11(12)15(22-24)17(25)21-23-29(27,28)16-13(19)8-5-9-14(16)20/h3-10,23H,1-2H3,(H,21,25). The third-order valence-corrected chi connectivity index (χ3v) is 5.32. The van der Waals surface area contributed by atoms with Crippen LogP contribution in [0.15, 0.2) is 52.2 Å². The van der Waals surface area contributed by atoms with Crippen molar-refractivity contribution in [2.75, 3.05) is 0 Å². The van der Waals surface area contributed by atoms with Crippen molar-refractivity contribution >= 4 is 26.7 Å². The minimum atomic E-state index is -4.74. The molecule has 0 saturated heterocycles. The number of hydrogen-bond acceptors (Lipinski definition) is 5. The molecule has 2 aromatic carbocycles. The number of rotatable bonds is 5. The van der Waals surface area contributed by atoms with E-state index < -0.39 is 38.0 Å². The fourth-order valence-electron chi connectivity index (χ4n) is 2.69. The number of aromatic nitrogens is 2. The van der Waals surface area contributed by atoms with Crippen LogP contribution in [0.5, 0.6) is 0 Å². The first-order chi connectivity index (χ1) is 13.6. The highest BCUT2D eigenvalue weighted by atomic mass is 32.2. The largest absolute Gasteiger partial charge is 0.287 e. The Morgan fingerprint density at radius 3 is 2.21 bits per heavy atom. The van der Waals surface area contributed by atoms with Crippen LogP contribution in [0, 0.1) is 11.6 Å². The second-order valence-corrected chi connectivity index (χ2v) is 7.97. The lowest BCUT2D eigenvalue weighted by atomic mass is 10.1. The van der Waals surface area contributed by atoms with Gasteiger partial charge in [-0.15, -0.1) is 4.83 Å². The molecule has 3 rings (SSSR count). The molecule has 29 heavy (non-hydrogen) atoms. The van der Waals surface area contributed by atoms with Crippen LogP contribution in [0.4, 0.5) is 8.78 Å². The number of nitrogens with zero attached hydrogens (tertiary/aromatic N) is 2. The average Bonchev–Trinajstić information content (AvgIpc) is 2.66. The minimum Gasteiger partial charge on any atom is -0.272 e. The number of halogens is 2. The fraction of sp³-hybridized carbons (Fsp3) is 0.167. The van der Waals surface area contributed by atoms with Gasteiger partial charge >= 0.3 is 0 Å². The van der Waals surface area contributed by atoms with E-state index in [2.05, 4.69) is 5.10 Å². The predicted molar refractivity (Wildman–Crippen MR) is 101 cm³/mol. The normalized spacial score (nSPS) is 11.8. The van der Waals surface area contributed by atoms with Gasteiger partial charge in [0.1, 0.15) is 11.6 Å². The van der Waals surface area contributed by atoms with Gasteiger partial charge in [0.2, 0.25) is 0 Å². The molecular formula is C18H16F2N4O4S. The van der Waals surface area contributed by atoms with Crippen LogP contribution in [-0.2, 0) is 10.0 Å². The van der Waals surface area contributed by atoms with Crippen LogP contribution in [0.3, 0.4) is 0 Å². The number of hydrazine groups is 1. The summed E-state index contributed by atoms with van der Waals surface area (Å²) in [5, 5.41) is 4.43. The quantitative estimate of drug-likeness (QED) is 0.610. The first-order valence-corrected chi connectivity index (χ1v) is 9.89. The number of carbonyl (C=O) groups is 1. The summed E-state index contributed by atoms with van der Waals surface area (Å²) in [7, 11) is -4.74. The third-order valence-electron chi connectivity index (χ3n) is 4.02. The molecule has 0 aliphatic rings. The Hall–Kier alpha value is -3.18. The summed E-state index contributed by atoms with van der Waals surface area (Å²) in [6.07, 6.45) is 0. The third kappa shape index (κ3) is 3.87. The lowest BCUT2D eigenvalue weighted by molar-refractivity contribution is 0.0939. The van der Waals surface area contributed by atoms with E-state index in [-0.39, 0.29) is 22.5 Å². The number of benzene rings is 2. The Balaban J connectivity index is 1.99. The van der Waals surface area contributed by atoms with E-state index >= 15 is 0 Å². The zero-order valence-corrected chi connectivity index (χ0v) is 16.1. The van der Waals surface area contributed by atoms with Crippen molar-refractivity contribution in [1.82, 2.24) is 20.0 Å². The first-order valence-electron chi connectivity index (χ1n) is 8.41. The highest BCUT2D eigenvalue weighted by Gasteiger charge is 2.25. The molecule has 1 heterocycles. The molecule has 0 unspecified atom stereocenters. The second kappa shape index (κ2) is 7.68. The van der Waals surface area contributed by atoms with Crippen molar-refractivity contribution < 1.29 is 22.0 Å². The van der Waals surface area contributed by atoms with E-state index in [1.165, 1.54) is 12.1 Å². The van der Waals surface area contributed by atoms with Crippen LogP contribution in [0.2, 0.25) is 0 Å². The van der Waals surface area contributed by atoms with Gasteiger partial charge in [-0.25, -0.2) is 21.9 Å².